The highest BCUT2D eigenvalue weighted by atomic mass is 16.1. The van der Waals surface area contributed by atoms with Crippen LogP contribution in [0.25, 0.3) is 0 Å². The Hall–Kier alpha value is -1.55. The summed E-state index contributed by atoms with van der Waals surface area (Å²) in [6, 6.07) is 7.74. The molecule has 0 aromatic heterocycles. The molecule has 0 spiro atoms. The molecule has 0 heterocycles. The average molecular weight is 221 g/mol. The molecule has 0 unspecified atom stereocenters. The molecule has 0 aliphatic heterocycles. The van der Waals surface area contributed by atoms with E-state index >= 15 is 0 Å². The molecule has 3 N–H and O–H groups in total. The molecule has 0 bridgehead atoms. The van der Waals surface area contributed by atoms with Crippen molar-refractivity contribution in [3.63, 3.8) is 0 Å². The van der Waals surface area contributed by atoms with E-state index < -0.39 is 0 Å². The van der Waals surface area contributed by atoms with E-state index in [1.165, 1.54) is 0 Å². The highest BCUT2D eigenvalue weighted by Crippen LogP contribution is 2.16. The number of hydrogen-bond donors (Lipinski definition) is 2. The Kier molecular flexibility index (Phi) is 4.79. The summed E-state index contributed by atoms with van der Waals surface area (Å²) in [5, 5.41) is 2.81. The van der Waals surface area contributed by atoms with Gasteiger partial charge in [0.25, 0.3) is 0 Å². The lowest BCUT2D eigenvalue weighted by Crippen LogP contribution is -2.24. The van der Waals surface area contributed by atoms with Crippen molar-refractivity contribution in [3.8, 4) is 0 Å². The molecule has 88 valence electrons. The lowest BCUT2D eigenvalue weighted by atomic mass is 10.2. The maximum absolute atomic E-state index is 11.2. The minimum Gasteiger partial charge on any atom is -0.373 e. The van der Waals surface area contributed by atoms with Gasteiger partial charge in [-0.25, -0.2) is 0 Å². The first-order chi connectivity index (χ1) is 7.67. The van der Waals surface area contributed by atoms with Crippen molar-refractivity contribution in [2.75, 3.05) is 30.4 Å². The monoisotopic (exact) mass is 221 g/mol. The number of likely N-dealkylation sites (N-methyl/N-ethyl adjacent to an activating group) is 1. The van der Waals surface area contributed by atoms with E-state index in [4.69, 9.17) is 5.73 Å². The number of carbonyl (C=O) groups is 1. The molecule has 0 saturated heterocycles. The highest BCUT2D eigenvalue weighted by molar-refractivity contribution is 5.90. The predicted octanol–water partition coefficient (Wildman–Crippen LogP) is 1.43. The molecule has 0 fully saturated rings. The third kappa shape index (κ3) is 3.55. The molecule has 0 aliphatic rings. The number of carbonyl (C=O) groups excluding carboxylic acids is 1. The summed E-state index contributed by atoms with van der Waals surface area (Å²) in [6.07, 6.45) is 0.495. The van der Waals surface area contributed by atoms with Crippen molar-refractivity contribution in [1.29, 1.82) is 0 Å². The summed E-state index contributed by atoms with van der Waals surface area (Å²) in [6.45, 7) is 3.28. The van der Waals surface area contributed by atoms with Crippen molar-refractivity contribution in [2.24, 2.45) is 5.73 Å². The Bertz CT molecular complexity index is 335. The van der Waals surface area contributed by atoms with Crippen LogP contribution in [-0.4, -0.2) is 26.0 Å². The number of benzene rings is 1. The van der Waals surface area contributed by atoms with Gasteiger partial charge >= 0.3 is 0 Å². The molecule has 4 heteroatoms. The standard InChI is InChI=1S/C12H19N3O/c1-3-12(16)14-10-4-6-11(7-5-10)15(2)9-8-13/h4-7H,3,8-9,13H2,1-2H3,(H,14,16). The second-order valence-electron chi connectivity index (χ2n) is 3.66. The molecule has 1 aromatic carbocycles. The van der Waals surface area contributed by atoms with Gasteiger partial charge in [-0.2, -0.15) is 0 Å². The van der Waals surface area contributed by atoms with Crippen LogP contribution in [0.5, 0.6) is 0 Å². The van der Waals surface area contributed by atoms with E-state index in [0.29, 0.717) is 13.0 Å². The van der Waals surface area contributed by atoms with Gasteiger partial charge in [0.05, 0.1) is 0 Å². The van der Waals surface area contributed by atoms with Gasteiger partial charge in [0.1, 0.15) is 0 Å². The van der Waals surface area contributed by atoms with Crippen LogP contribution in [0, 0.1) is 0 Å². The van der Waals surface area contributed by atoms with E-state index in [9.17, 15) is 4.79 Å². The number of anilines is 2. The summed E-state index contributed by atoms with van der Waals surface area (Å²) in [7, 11) is 1.99. The molecule has 4 nitrogen and oxygen atoms in total. The van der Waals surface area contributed by atoms with Gasteiger partial charge in [0.2, 0.25) is 5.91 Å². The van der Waals surface area contributed by atoms with Gasteiger partial charge in [0.15, 0.2) is 0 Å². The smallest absolute Gasteiger partial charge is 0.224 e. The van der Waals surface area contributed by atoms with E-state index in [2.05, 4.69) is 10.2 Å². The molecule has 1 rings (SSSR count). The molecule has 1 amide bonds. The van der Waals surface area contributed by atoms with Gasteiger partial charge in [0, 0.05) is 37.9 Å². The second kappa shape index (κ2) is 6.12. The lowest BCUT2D eigenvalue weighted by Gasteiger charge is -2.18. The molecule has 1 aromatic rings. The van der Waals surface area contributed by atoms with Crippen molar-refractivity contribution < 1.29 is 4.79 Å². The van der Waals surface area contributed by atoms with Gasteiger partial charge in [-0.1, -0.05) is 6.92 Å². The summed E-state index contributed by atoms with van der Waals surface area (Å²) < 4.78 is 0. The zero-order chi connectivity index (χ0) is 12.0. The minimum atomic E-state index is 0.0306. The quantitative estimate of drug-likeness (QED) is 0.790. The van der Waals surface area contributed by atoms with Gasteiger partial charge < -0.3 is 16.0 Å². The van der Waals surface area contributed by atoms with Crippen LogP contribution >= 0.6 is 0 Å². The van der Waals surface area contributed by atoms with Crippen LogP contribution in [0.3, 0.4) is 0 Å². The Balaban J connectivity index is 2.64. The van der Waals surface area contributed by atoms with Crippen LogP contribution < -0.4 is 16.0 Å². The largest absolute Gasteiger partial charge is 0.373 e. The van der Waals surface area contributed by atoms with Crippen molar-refractivity contribution >= 4 is 17.3 Å². The van der Waals surface area contributed by atoms with E-state index in [-0.39, 0.29) is 5.91 Å². The van der Waals surface area contributed by atoms with Crippen LogP contribution in [-0.2, 0) is 4.79 Å². The van der Waals surface area contributed by atoms with Crippen LogP contribution in [0.2, 0.25) is 0 Å². The average Bonchev–Trinajstić information content (AvgIpc) is 2.30. The summed E-state index contributed by atoms with van der Waals surface area (Å²) in [4.78, 5) is 13.2. The molecule has 0 aliphatic carbocycles. The van der Waals surface area contributed by atoms with Gasteiger partial charge in [-0.15, -0.1) is 0 Å². The molecule has 0 saturated carbocycles. The van der Waals surface area contributed by atoms with Gasteiger partial charge in [-0.05, 0) is 24.3 Å². The number of nitrogens with one attached hydrogen (secondary N) is 1. The Morgan fingerprint density at radius 2 is 2.00 bits per heavy atom. The maximum Gasteiger partial charge on any atom is 0.224 e. The van der Waals surface area contributed by atoms with E-state index in [0.717, 1.165) is 17.9 Å². The number of amides is 1. The minimum absolute atomic E-state index is 0.0306. The second-order valence-corrected chi connectivity index (χ2v) is 3.66. The third-order valence-corrected chi connectivity index (χ3v) is 2.38. The van der Waals surface area contributed by atoms with Crippen molar-refractivity contribution in [3.05, 3.63) is 24.3 Å². The lowest BCUT2D eigenvalue weighted by molar-refractivity contribution is -0.115. The molecule has 16 heavy (non-hydrogen) atoms. The zero-order valence-corrected chi connectivity index (χ0v) is 9.86. The first kappa shape index (κ1) is 12.5. The molecular formula is C12H19N3O. The molecule has 0 atom stereocenters. The molecular weight excluding hydrogens is 202 g/mol. The highest BCUT2D eigenvalue weighted by Gasteiger charge is 2.01. The first-order valence-electron chi connectivity index (χ1n) is 5.48. The Labute approximate surface area is 96.4 Å². The normalized spacial score (nSPS) is 9.94. The third-order valence-electron chi connectivity index (χ3n) is 2.38. The summed E-state index contributed by atoms with van der Waals surface area (Å²) in [5.74, 6) is 0.0306. The number of hydrogen-bond acceptors (Lipinski definition) is 3. The fourth-order valence-corrected chi connectivity index (χ4v) is 1.37. The van der Waals surface area contributed by atoms with Crippen LogP contribution in [0.15, 0.2) is 24.3 Å². The van der Waals surface area contributed by atoms with Crippen LogP contribution in [0.4, 0.5) is 11.4 Å². The number of nitrogens with zero attached hydrogens (tertiary/aromatic N) is 1. The van der Waals surface area contributed by atoms with E-state index in [1.54, 1.807) is 0 Å². The topological polar surface area (TPSA) is 58.4 Å². The molecule has 0 radical (unpaired) electrons. The maximum atomic E-state index is 11.2. The Morgan fingerprint density at radius 1 is 1.38 bits per heavy atom. The van der Waals surface area contributed by atoms with Crippen LogP contribution in [0.1, 0.15) is 13.3 Å². The zero-order valence-electron chi connectivity index (χ0n) is 9.86. The first-order valence-corrected chi connectivity index (χ1v) is 5.48. The summed E-state index contributed by atoms with van der Waals surface area (Å²) >= 11 is 0. The van der Waals surface area contributed by atoms with E-state index in [1.807, 2.05) is 38.2 Å². The SMILES string of the molecule is CCC(=O)Nc1ccc(N(C)CCN)cc1. The Morgan fingerprint density at radius 3 is 2.50 bits per heavy atom. The van der Waals surface area contributed by atoms with Gasteiger partial charge in [-0.3, -0.25) is 4.79 Å². The number of rotatable bonds is 5. The van der Waals surface area contributed by atoms with Crippen molar-refractivity contribution in [2.45, 2.75) is 13.3 Å². The predicted molar refractivity (Wildman–Crippen MR) is 67.7 cm³/mol. The van der Waals surface area contributed by atoms with Crippen molar-refractivity contribution in [1.82, 2.24) is 0 Å². The fraction of sp³-hybridized carbons (Fsp3) is 0.417. The number of nitrogens with two attached hydrogens (primary N) is 1. The fourth-order valence-electron chi connectivity index (χ4n) is 1.37. The summed E-state index contributed by atoms with van der Waals surface area (Å²) in [5.41, 5.74) is 7.41.